The van der Waals surface area contributed by atoms with E-state index in [9.17, 15) is 0 Å². The van der Waals surface area contributed by atoms with Crippen LogP contribution in [-0.2, 0) is 7.05 Å². The van der Waals surface area contributed by atoms with Crippen LogP contribution in [0, 0.1) is 5.92 Å². The maximum absolute atomic E-state index is 4.43. The summed E-state index contributed by atoms with van der Waals surface area (Å²) in [6, 6.07) is 0. The molecule has 0 saturated carbocycles. The molecular weight excluding hydrogens is 174 g/mol. The van der Waals surface area contributed by atoms with Crippen LogP contribution in [0.5, 0.6) is 0 Å². The summed E-state index contributed by atoms with van der Waals surface area (Å²) in [5, 5.41) is 3.40. The Morgan fingerprint density at radius 2 is 2.21 bits per heavy atom. The number of nitrogens with one attached hydrogen (secondary N) is 1. The molecule has 14 heavy (non-hydrogen) atoms. The van der Waals surface area contributed by atoms with Crippen LogP contribution in [0.1, 0.15) is 31.5 Å². The highest BCUT2D eigenvalue weighted by Crippen LogP contribution is 2.28. The van der Waals surface area contributed by atoms with Gasteiger partial charge in [0.15, 0.2) is 0 Å². The summed E-state index contributed by atoms with van der Waals surface area (Å²) in [6.45, 7) is 4.64. The Morgan fingerprint density at radius 1 is 1.50 bits per heavy atom. The highest BCUT2D eigenvalue weighted by molar-refractivity contribution is 5.01. The van der Waals surface area contributed by atoms with Gasteiger partial charge in [-0.05, 0) is 31.8 Å². The molecule has 1 saturated heterocycles. The Labute approximate surface area is 85.5 Å². The first-order valence-corrected chi connectivity index (χ1v) is 5.47. The Hall–Kier alpha value is -0.830. The SMILES string of the molecule is CC(c1nccn1C)C1CCNCC1. The normalized spacial score (nSPS) is 21.0. The zero-order valence-corrected chi connectivity index (χ0v) is 9.03. The lowest BCUT2D eigenvalue weighted by atomic mass is 9.85. The van der Waals surface area contributed by atoms with E-state index in [1.807, 2.05) is 12.4 Å². The lowest BCUT2D eigenvalue weighted by molar-refractivity contribution is 0.319. The number of aryl methyl sites for hydroxylation is 1. The zero-order chi connectivity index (χ0) is 9.97. The molecular formula is C11H19N3. The molecule has 1 unspecified atom stereocenters. The van der Waals surface area contributed by atoms with Crippen LogP contribution < -0.4 is 5.32 Å². The van der Waals surface area contributed by atoms with Crippen LogP contribution in [0.3, 0.4) is 0 Å². The molecule has 0 bridgehead atoms. The summed E-state index contributed by atoms with van der Waals surface area (Å²) in [6.07, 6.45) is 6.50. The van der Waals surface area contributed by atoms with Gasteiger partial charge in [0.1, 0.15) is 5.82 Å². The summed E-state index contributed by atoms with van der Waals surface area (Å²) < 4.78 is 2.15. The van der Waals surface area contributed by atoms with Crippen LogP contribution in [0.4, 0.5) is 0 Å². The quantitative estimate of drug-likeness (QED) is 0.772. The van der Waals surface area contributed by atoms with Gasteiger partial charge in [-0.15, -0.1) is 0 Å². The van der Waals surface area contributed by atoms with Crippen molar-refractivity contribution in [2.24, 2.45) is 13.0 Å². The topological polar surface area (TPSA) is 29.9 Å². The maximum Gasteiger partial charge on any atom is 0.111 e. The summed E-state index contributed by atoms with van der Waals surface area (Å²) >= 11 is 0. The summed E-state index contributed by atoms with van der Waals surface area (Å²) in [5.74, 6) is 2.63. The lowest BCUT2D eigenvalue weighted by Gasteiger charge is -2.27. The van der Waals surface area contributed by atoms with Gasteiger partial charge in [-0.25, -0.2) is 4.98 Å². The Balaban J connectivity index is 2.07. The summed E-state index contributed by atoms with van der Waals surface area (Å²) in [4.78, 5) is 4.43. The van der Waals surface area contributed by atoms with E-state index in [0.717, 1.165) is 5.92 Å². The second-order valence-electron chi connectivity index (χ2n) is 4.27. The van der Waals surface area contributed by atoms with Gasteiger partial charge in [-0.1, -0.05) is 6.92 Å². The third kappa shape index (κ3) is 1.82. The van der Waals surface area contributed by atoms with Gasteiger partial charge in [0.25, 0.3) is 0 Å². The lowest BCUT2D eigenvalue weighted by Crippen LogP contribution is -2.30. The molecule has 1 fully saturated rings. The molecule has 1 aliphatic heterocycles. The van der Waals surface area contributed by atoms with E-state index in [2.05, 4.69) is 28.8 Å². The molecule has 0 aromatic carbocycles. The van der Waals surface area contributed by atoms with Gasteiger partial charge in [0.2, 0.25) is 0 Å². The van der Waals surface area contributed by atoms with E-state index in [4.69, 9.17) is 0 Å². The molecule has 1 aliphatic rings. The molecule has 0 aliphatic carbocycles. The first-order chi connectivity index (χ1) is 6.79. The standard InChI is InChI=1S/C11H19N3/c1-9(10-3-5-12-6-4-10)11-13-7-8-14(11)2/h7-10,12H,3-6H2,1-2H3. The van der Waals surface area contributed by atoms with E-state index in [0.29, 0.717) is 5.92 Å². The Morgan fingerprint density at radius 3 is 2.79 bits per heavy atom. The Kier molecular flexibility index (Phi) is 2.87. The van der Waals surface area contributed by atoms with Gasteiger partial charge in [-0.2, -0.15) is 0 Å². The van der Waals surface area contributed by atoms with E-state index >= 15 is 0 Å². The predicted molar refractivity (Wildman–Crippen MR) is 57.2 cm³/mol. The van der Waals surface area contributed by atoms with Crippen molar-refractivity contribution in [2.45, 2.75) is 25.7 Å². The van der Waals surface area contributed by atoms with Crippen LogP contribution in [-0.4, -0.2) is 22.6 Å². The first-order valence-electron chi connectivity index (χ1n) is 5.47. The number of rotatable bonds is 2. The fourth-order valence-corrected chi connectivity index (χ4v) is 2.37. The number of nitrogens with zero attached hydrogens (tertiary/aromatic N) is 2. The van der Waals surface area contributed by atoms with Crippen LogP contribution in [0.2, 0.25) is 0 Å². The van der Waals surface area contributed by atoms with Crippen molar-refractivity contribution in [1.82, 2.24) is 14.9 Å². The summed E-state index contributed by atoms with van der Waals surface area (Å²) in [7, 11) is 2.08. The Bertz CT molecular complexity index is 286. The number of hydrogen-bond donors (Lipinski definition) is 1. The number of piperidine rings is 1. The fraction of sp³-hybridized carbons (Fsp3) is 0.727. The molecule has 3 heteroatoms. The minimum Gasteiger partial charge on any atom is -0.338 e. The van der Waals surface area contributed by atoms with Crippen molar-refractivity contribution in [3.8, 4) is 0 Å². The van der Waals surface area contributed by atoms with Gasteiger partial charge in [-0.3, -0.25) is 0 Å². The highest BCUT2D eigenvalue weighted by atomic mass is 15.0. The predicted octanol–water partition coefficient (Wildman–Crippen LogP) is 1.52. The van der Waals surface area contributed by atoms with E-state index in [1.54, 1.807) is 0 Å². The van der Waals surface area contributed by atoms with Crippen molar-refractivity contribution in [2.75, 3.05) is 13.1 Å². The smallest absolute Gasteiger partial charge is 0.111 e. The van der Waals surface area contributed by atoms with Crippen molar-refractivity contribution >= 4 is 0 Å². The largest absolute Gasteiger partial charge is 0.338 e. The van der Waals surface area contributed by atoms with E-state index < -0.39 is 0 Å². The number of hydrogen-bond acceptors (Lipinski definition) is 2. The molecule has 0 spiro atoms. The van der Waals surface area contributed by atoms with Crippen LogP contribution in [0.25, 0.3) is 0 Å². The average molecular weight is 193 g/mol. The second kappa shape index (κ2) is 4.13. The molecule has 1 N–H and O–H groups in total. The van der Waals surface area contributed by atoms with Gasteiger partial charge in [0, 0.05) is 25.4 Å². The molecule has 0 amide bonds. The van der Waals surface area contributed by atoms with Crippen molar-refractivity contribution in [3.63, 3.8) is 0 Å². The summed E-state index contributed by atoms with van der Waals surface area (Å²) in [5.41, 5.74) is 0. The molecule has 0 radical (unpaired) electrons. The number of imidazole rings is 1. The molecule has 2 heterocycles. The fourth-order valence-electron chi connectivity index (χ4n) is 2.37. The monoisotopic (exact) mass is 193 g/mol. The minimum absolute atomic E-state index is 0.595. The zero-order valence-electron chi connectivity index (χ0n) is 9.03. The van der Waals surface area contributed by atoms with Crippen molar-refractivity contribution in [3.05, 3.63) is 18.2 Å². The van der Waals surface area contributed by atoms with E-state index in [-0.39, 0.29) is 0 Å². The molecule has 3 nitrogen and oxygen atoms in total. The molecule has 78 valence electrons. The molecule has 1 aromatic heterocycles. The molecule has 1 aromatic rings. The highest BCUT2D eigenvalue weighted by Gasteiger charge is 2.23. The van der Waals surface area contributed by atoms with Crippen LogP contribution in [0.15, 0.2) is 12.4 Å². The molecule has 1 atom stereocenters. The molecule has 2 rings (SSSR count). The number of aromatic nitrogens is 2. The average Bonchev–Trinajstić information content (AvgIpc) is 2.65. The van der Waals surface area contributed by atoms with E-state index in [1.165, 1.54) is 31.8 Å². The van der Waals surface area contributed by atoms with Crippen molar-refractivity contribution < 1.29 is 0 Å². The van der Waals surface area contributed by atoms with Crippen molar-refractivity contribution in [1.29, 1.82) is 0 Å². The first kappa shape index (κ1) is 9.71. The maximum atomic E-state index is 4.43. The third-order valence-corrected chi connectivity index (χ3v) is 3.36. The second-order valence-corrected chi connectivity index (χ2v) is 4.27. The van der Waals surface area contributed by atoms with Gasteiger partial charge in [0.05, 0.1) is 0 Å². The van der Waals surface area contributed by atoms with Gasteiger partial charge < -0.3 is 9.88 Å². The van der Waals surface area contributed by atoms with Crippen LogP contribution >= 0.6 is 0 Å². The third-order valence-electron chi connectivity index (χ3n) is 3.36. The van der Waals surface area contributed by atoms with Gasteiger partial charge >= 0.3 is 0 Å². The minimum atomic E-state index is 0.595.